The van der Waals surface area contributed by atoms with Gasteiger partial charge in [-0.1, -0.05) is 12.1 Å². The van der Waals surface area contributed by atoms with Gasteiger partial charge in [0.05, 0.1) is 24.6 Å². The van der Waals surface area contributed by atoms with Crippen molar-refractivity contribution in [2.45, 2.75) is 32.9 Å². The Morgan fingerprint density at radius 2 is 1.79 bits per heavy atom. The van der Waals surface area contributed by atoms with Gasteiger partial charge in [0.25, 0.3) is 5.56 Å². The number of aromatic nitrogens is 2. The molecule has 0 aliphatic carbocycles. The zero-order valence-corrected chi connectivity index (χ0v) is 19.0. The molecule has 3 heterocycles. The molecule has 33 heavy (non-hydrogen) atoms. The Morgan fingerprint density at radius 1 is 1.09 bits per heavy atom. The van der Waals surface area contributed by atoms with Crippen LogP contribution in [0.25, 0.3) is 10.2 Å². The molecule has 1 aliphatic rings. The van der Waals surface area contributed by atoms with Crippen molar-refractivity contribution >= 4 is 33.4 Å². The Balaban J connectivity index is 1.58. The lowest BCUT2D eigenvalue weighted by Crippen LogP contribution is -2.45. The van der Waals surface area contributed by atoms with Crippen LogP contribution < -0.4 is 11.2 Å². The molecule has 1 amide bonds. The van der Waals surface area contributed by atoms with E-state index in [-0.39, 0.29) is 30.9 Å². The maximum atomic E-state index is 13.2. The van der Waals surface area contributed by atoms with Gasteiger partial charge in [-0.25, -0.2) is 9.18 Å². The Bertz CT molecular complexity index is 1290. The fourth-order valence-electron chi connectivity index (χ4n) is 4.06. The van der Waals surface area contributed by atoms with Crippen LogP contribution in [0.1, 0.15) is 25.3 Å². The van der Waals surface area contributed by atoms with Gasteiger partial charge < -0.3 is 9.64 Å². The van der Waals surface area contributed by atoms with Crippen molar-refractivity contribution in [2.75, 3.05) is 19.7 Å². The topological polar surface area (TPSA) is 90.6 Å². The van der Waals surface area contributed by atoms with Crippen LogP contribution in [0, 0.1) is 11.7 Å². The molecule has 1 saturated heterocycles. The molecular weight excluding hydrogens is 449 g/mol. The summed E-state index contributed by atoms with van der Waals surface area (Å²) in [6, 6.07) is 7.23. The molecule has 0 saturated carbocycles. The highest BCUT2D eigenvalue weighted by Gasteiger charge is 2.29. The highest BCUT2D eigenvalue weighted by atomic mass is 32.1. The first-order chi connectivity index (χ1) is 15.9. The molecule has 0 bridgehead atoms. The van der Waals surface area contributed by atoms with E-state index in [1.807, 2.05) is 0 Å². The maximum absolute atomic E-state index is 13.2. The minimum atomic E-state index is -0.593. The van der Waals surface area contributed by atoms with E-state index in [4.69, 9.17) is 4.74 Å². The quantitative estimate of drug-likeness (QED) is 0.512. The SMILES string of the molecule is CCOC(=O)C1CCN(C(=O)Cn2c(=O)n(Cc3ccc(F)cc3)c(=O)c3sccc32)CC1. The lowest BCUT2D eigenvalue weighted by atomic mass is 9.97. The molecule has 0 radical (unpaired) electrons. The average Bonchev–Trinajstić information content (AvgIpc) is 3.31. The van der Waals surface area contributed by atoms with Crippen LogP contribution in [-0.2, 0) is 27.4 Å². The number of halogens is 1. The third-order valence-electron chi connectivity index (χ3n) is 5.85. The van der Waals surface area contributed by atoms with E-state index in [1.165, 1.54) is 40.2 Å². The molecule has 1 fully saturated rings. The number of esters is 1. The van der Waals surface area contributed by atoms with Crippen LogP contribution in [0.15, 0.2) is 45.3 Å². The third-order valence-corrected chi connectivity index (χ3v) is 6.74. The Hall–Kier alpha value is -3.27. The molecular formula is C23H24FN3O5S. The maximum Gasteiger partial charge on any atom is 0.332 e. The number of fused-ring (bicyclic) bond motifs is 1. The van der Waals surface area contributed by atoms with Gasteiger partial charge in [0.2, 0.25) is 5.91 Å². The monoisotopic (exact) mass is 473 g/mol. The summed E-state index contributed by atoms with van der Waals surface area (Å²) in [5, 5.41) is 1.71. The van der Waals surface area contributed by atoms with Crippen LogP contribution >= 0.6 is 11.3 Å². The van der Waals surface area contributed by atoms with Crippen LogP contribution in [0.5, 0.6) is 0 Å². The van der Waals surface area contributed by atoms with E-state index in [0.29, 0.717) is 48.3 Å². The van der Waals surface area contributed by atoms with Crippen molar-refractivity contribution < 1.29 is 18.7 Å². The lowest BCUT2D eigenvalue weighted by molar-refractivity contribution is -0.151. The molecule has 3 aromatic rings. The van der Waals surface area contributed by atoms with Crippen molar-refractivity contribution in [3.63, 3.8) is 0 Å². The summed E-state index contributed by atoms with van der Waals surface area (Å²) in [4.78, 5) is 52.7. The van der Waals surface area contributed by atoms with Gasteiger partial charge in [0, 0.05) is 13.1 Å². The molecule has 174 valence electrons. The molecule has 0 N–H and O–H groups in total. The first-order valence-electron chi connectivity index (χ1n) is 10.8. The largest absolute Gasteiger partial charge is 0.466 e. The second kappa shape index (κ2) is 9.70. The van der Waals surface area contributed by atoms with E-state index in [1.54, 1.807) is 23.3 Å². The number of likely N-dealkylation sites (tertiary alicyclic amines) is 1. The first-order valence-corrected chi connectivity index (χ1v) is 11.7. The fourth-order valence-corrected chi connectivity index (χ4v) is 4.90. The van der Waals surface area contributed by atoms with Crippen molar-refractivity contribution in [1.29, 1.82) is 0 Å². The van der Waals surface area contributed by atoms with Gasteiger partial charge in [0.15, 0.2) is 0 Å². The molecule has 2 aromatic heterocycles. The highest BCUT2D eigenvalue weighted by molar-refractivity contribution is 7.17. The van der Waals surface area contributed by atoms with E-state index >= 15 is 0 Å². The predicted molar refractivity (Wildman–Crippen MR) is 122 cm³/mol. The van der Waals surface area contributed by atoms with Crippen molar-refractivity contribution in [3.05, 3.63) is 67.9 Å². The molecule has 10 heteroatoms. The van der Waals surface area contributed by atoms with Gasteiger partial charge in [0.1, 0.15) is 17.1 Å². The van der Waals surface area contributed by atoms with Crippen molar-refractivity contribution in [1.82, 2.24) is 14.0 Å². The van der Waals surface area contributed by atoms with Gasteiger partial charge in [-0.2, -0.15) is 0 Å². The molecule has 4 rings (SSSR count). The number of thiophene rings is 1. The number of ether oxygens (including phenoxy) is 1. The number of hydrogen-bond acceptors (Lipinski definition) is 6. The van der Waals surface area contributed by atoms with Crippen LogP contribution in [0.2, 0.25) is 0 Å². The molecule has 1 aliphatic heterocycles. The van der Waals surface area contributed by atoms with Crippen LogP contribution in [0.3, 0.4) is 0 Å². The summed E-state index contributed by atoms with van der Waals surface area (Å²) in [7, 11) is 0. The summed E-state index contributed by atoms with van der Waals surface area (Å²) in [6.45, 7) is 2.66. The van der Waals surface area contributed by atoms with E-state index in [2.05, 4.69) is 0 Å². The van der Waals surface area contributed by atoms with Gasteiger partial charge >= 0.3 is 11.7 Å². The Kier molecular flexibility index (Phi) is 6.73. The molecule has 0 unspecified atom stereocenters. The van der Waals surface area contributed by atoms with E-state index in [0.717, 1.165) is 4.57 Å². The molecule has 1 aromatic carbocycles. The van der Waals surface area contributed by atoms with Gasteiger partial charge in [-0.3, -0.25) is 23.5 Å². The summed E-state index contributed by atoms with van der Waals surface area (Å²) in [5.74, 6) is -1.12. The zero-order valence-electron chi connectivity index (χ0n) is 18.2. The lowest BCUT2D eigenvalue weighted by Gasteiger charge is -2.31. The van der Waals surface area contributed by atoms with Crippen molar-refractivity contribution in [3.8, 4) is 0 Å². The number of carbonyl (C=O) groups is 2. The van der Waals surface area contributed by atoms with Gasteiger partial charge in [-0.15, -0.1) is 11.3 Å². The summed E-state index contributed by atoms with van der Waals surface area (Å²) in [6.07, 6.45) is 1.02. The number of amides is 1. The smallest absolute Gasteiger partial charge is 0.332 e. The number of rotatable bonds is 6. The summed E-state index contributed by atoms with van der Waals surface area (Å²) >= 11 is 1.21. The van der Waals surface area contributed by atoms with Gasteiger partial charge in [-0.05, 0) is 48.9 Å². The second-order valence-electron chi connectivity index (χ2n) is 7.93. The Labute approximate surface area is 192 Å². The van der Waals surface area contributed by atoms with Crippen LogP contribution in [-0.4, -0.2) is 45.6 Å². The van der Waals surface area contributed by atoms with E-state index in [9.17, 15) is 23.6 Å². The average molecular weight is 474 g/mol. The number of piperidine rings is 1. The molecule has 0 atom stereocenters. The molecule has 0 spiro atoms. The number of hydrogen-bond donors (Lipinski definition) is 0. The first kappa shape index (κ1) is 22.9. The summed E-state index contributed by atoms with van der Waals surface area (Å²) < 4.78 is 21.1. The standard InChI is InChI=1S/C23H24FN3O5S/c1-2-32-22(30)16-7-10-25(11-8-16)19(28)14-26-18-9-12-33-20(18)21(29)27(23(26)31)13-15-3-5-17(24)6-4-15/h3-6,9,12,16H,2,7-8,10-11,13-14H2,1H3. The minimum absolute atomic E-state index is 0.0229. The minimum Gasteiger partial charge on any atom is -0.466 e. The normalized spacial score (nSPS) is 14.5. The number of nitrogens with zero attached hydrogens (tertiary/aromatic N) is 3. The number of benzene rings is 1. The molecule has 8 nitrogen and oxygen atoms in total. The summed E-state index contributed by atoms with van der Waals surface area (Å²) in [5.41, 5.74) is -0.0104. The fraction of sp³-hybridized carbons (Fsp3) is 0.391. The third kappa shape index (κ3) is 4.75. The Morgan fingerprint density at radius 3 is 2.45 bits per heavy atom. The number of carbonyl (C=O) groups excluding carboxylic acids is 2. The van der Waals surface area contributed by atoms with E-state index < -0.39 is 17.1 Å². The second-order valence-corrected chi connectivity index (χ2v) is 8.84. The van der Waals surface area contributed by atoms with Crippen LogP contribution in [0.4, 0.5) is 4.39 Å². The van der Waals surface area contributed by atoms with Crippen molar-refractivity contribution in [2.24, 2.45) is 5.92 Å². The zero-order chi connectivity index (χ0) is 23.5. The highest BCUT2D eigenvalue weighted by Crippen LogP contribution is 2.20. The predicted octanol–water partition coefficient (Wildman–Crippen LogP) is 2.21.